The van der Waals surface area contributed by atoms with Crippen molar-refractivity contribution in [2.24, 2.45) is 0 Å². The fraction of sp³-hybridized carbons (Fsp3) is 0.222. The van der Waals surface area contributed by atoms with Gasteiger partial charge in [0.2, 0.25) is 0 Å². The van der Waals surface area contributed by atoms with Gasteiger partial charge < -0.3 is 4.42 Å². The molecule has 0 aliphatic heterocycles. The number of hydrogen-bond donors (Lipinski definition) is 0. The third-order valence-electron chi connectivity index (χ3n) is 1.83. The Morgan fingerprint density at radius 3 is 2.86 bits per heavy atom. The van der Waals surface area contributed by atoms with Crippen LogP contribution < -0.4 is 0 Å². The van der Waals surface area contributed by atoms with Gasteiger partial charge >= 0.3 is 0 Å². The van der Waals surface area contributed by atoms with Crippen LogP contribution in [0.1, 0.15) is 20.4 Å². The summed E-state index contributed by atoms with van der Waals surface area (Å²) in [6, 6.07) is 0. The summed E-state index contributed by atoms with van der Waals surface area (Å²) in [5, 5.41) is 0.950. The topological polar surface area (TPSA) is 56.0 Å². The van der Waals surface area contributed by atoms with Crippen LogP contribution in [0.2, 0.25) is 0 Å². The zero-order valence-corrected chi connectivity index (χ0v) is 8.59. The molecule has 0 spiro atoms. The number of aromatic nitrogens is 2. The summed E-state index contributed by atoms with van der Waals surface area (Å²) in [7, 11) is 0. The molecule has 0 aromatic carbocycles. The zero-order valence-electron chi connectivity index (χ0n) is 7.77. The molecule has 0 saturated carbocycles. The number of nitrogens with zero attached hydrogens (tertiary/aromatic N) is 2. The Morgan fingerprint density at radius 2 is 2.29 bits per heavy atom. The smallest absolute Gasteiger partial charge is 0.184 e. The normalized spacial score (nSPS) is 10.4. The van der Waals surface area contributed by atoms with Gasteiger partial charge in [0.25, 0.3) is 0 Å². The van der Waals surface area contributed by atoms with E-state index in [1.54, 1.807) is 11.3 Å². The Labute approximate surface area is 84.6 Å². The van der Waals surface area contributed by atoms with Gasteiger partial charge in [-0.3, -0.25) is 4.79 Å². The third kappa shape index (κ3) is 1.35. The Hall–Kier alpha value is -1.49. The number of rotatable bonds is 2. The van der Waals surface area contributed by atoms with Gasteiger partial charge in [-0.1, -0.05) is 0 Å². The maximum absolute atomic E-state index is 10.6. The van der Waals surface area contributed by atoms with E-state index in [2.05, 4.69) is 9.97 Å². The second-order valence-electron chi connectivity index (χ2n) is 2.82. The first-order chi connectivity index (χ1) is 6.72. The molecule has 0 saturated heterocycles. The van der Waals surface area contributed by atoms with Crippen molar-refractivity contribution in [1.29, 1.82) is 0 Å². The van der Waals surface area contributed by atoms with Crippen LogP contribution in [0, 0.1) is 13.8 Å². The van der Waals surface area contributed by atoms with Crippen LogP contribution >= 0.6 is 11.3 Å². The summed E-state index contributed by atoms with van der Waals surface area (Å²) >= 11 is 1.57. The van der Waals surface area contributed by atoms with E-state index in [-0.39, 0.29) is 0 Å². The SMILES string of the molecule is Cc1nc(-c2ocnc2C=O)c(C)s1. The summed E-state index contributed by atoms with van der Waals surface area (Å²) in [4.78, 5) is 19.7. The summed E-state index contributed by atoms with van der Waals surface area (Å²) < 4.78 is 5.14. The van der Waals surface area contributed by atoms with Gasteiger partial charge in [-0.25, -0.2) is 9.97 Å². The van der Waals surface area contributed by atoms with Crippen LogP contribution in [0.4, 0.5) is 0 Å². The quantitative estimate of drug-likeness (QED) is 0.710. The number of thiazole rings is 1. The molecule has 2 aromatic rings. The van der Waals surface area contributed by atoms with E-state index in [9.17, 15) is 4.79 Å². The molecule has 0 N–H and O–H groups in total. The largest absolute Gasteiger partial charge is 0.441 e. The molecule has 2 rings (SSSR count). The highest BCUT2D eigenvalue weighted by atomic mass is 32.1. The first-order valence-electron chi connectivity index (χ1n) is 4.05. The van der Waals surface area contributed by atoms with Gasteiger partial charge in [-0.05, 0) is 13.8 Å². The van der Waals surface area contributed by atoms with Gasteiger partial charge in [-0.15, -0.1) is 11.3 Å². The van der Waals surface area contributed by atoms with Crippen LogP contribution in [0.15, 0.2) is 10.8 Å². The number of oxazole rings is 1. The summed E-state index contributed by atoms with van der Waals surface area (Å²) in [6.07, 6.45) is 1.93. The molecule has 2 aromatic heterocycles. The second-order valence-corrected chi connectivity index (χ2v) is 4.23. The summed E-state index contributed by atoms with van der Waals surface area (Å²) in [5.41, 5.74) is 1.02. The van der Waals surface area contributed by atoms with Crippen molar-refractivity contribution in [3.63, 3.8) is 0 Å². The van der Waals surface area contributed by atoms with Gasteiger partial charge in [0.15, 0.2) is 24.1 Å². The van der Waals surface area contributed by atoms with Crippen molar-refractivity contribution in [3.8, 4) is 11.5 Å². The highest BCUT2D eigenvalue weighted by Crippen LogP contribution is 2.28. The minimum Gasteiger partial charge on any atom is -0.441 e. The van der Waals surface area contributed by atoms with Crippen LogP contribution in [0.3, 0.4) is 0 Å². The number of aldehydes is 1. The predicted molar refractivity (Wildman–Crippen MR) is 52.5 cm³/mol. The minimum atomic E-state index is 0.304. The third-order valence-corrected chi connectivity index (χ3v) is 2.71. The molecule has 2 heterocycles. The number of aryl methyl sites for hydroxylation is 2. The van der Waals surface area contributed by atoms with Crippen molar-refractivity contribution in [1.82, 2.24) is 9.97 Å². The van der Waals surface area contributed by atoms with Crippen molar-refractivity contribution < 1.29 is 9.21 Å². The number of hydrogen-bond acceptors (Lipinski definition) is 5. The molecule has 4 nitrogen and oxygen atoms in total. The lowest BCUT2D eigenvalue weighted by molar-refractivity contribution is 0.112. The summed E-state index contributed by atoms with van der Waals surface area (Å²) in [6.45, 7) is 3.86. The molecule has 14 heavy (non-hydrogen) atoms. The van der Waals surface area contributed by atoms with Gasteiger partial charge in [-0.2, -0.15) is 0 Å². The average Bonchev–Trinajstić information content (AvgIpc) is 2.71. The highest BCUT2D eigenvalue weighted by molar-refractivity contribution is 7.11. The van der Waals surface area contributed by atoms with E-state index >= 15 is 0 Å². The second kappa shape index (κ2) is 3.34. The standard InChI is InChI=1S/C9H8N2O2S/c1-5-8(11-6(2)14-5)9-7(3-12)10-4-13-9/h3-4H,1-2H3. The van der Waals surface area contributed by atoms with Crippen LogP contribution in [-0.4, -0.2) is 16.3 Å². The van der Waals surface area contributed by atoms with E-state index in [1.807, 2.05) is 13.8 Å². The van der Waals surface area contributed by atoms with Gasteiger partial charge in [0, 0.05) is 4.88 Å². The van der Waals surface area contributed by atoms with Crippen molar-refractivity contribution in [2.45, 2.75) is 13.8 Å². The molecule has 0 bridgehead atoms. The maximum Gasteiger partial charge on any atom is 0.184 e. The summed E-state index contributed by atoms with van der Waals surface area (Å²) in [5.74, 6) is 0.460. The highest BCUT2D eigenvalue weighted by Gasteiger charge is 2.15. The monoisotopic (exact) mass is 208 g/mol. The first kappa shape index (κ1) is 9.08. The van der Waals surface area contributed by atoms with E-state index in [1.165, 1.54) is 6.39 Å². The average molecular weight is 208 g/mol. The molecule has 5 heteroatoms. The molecule has 0 radical (unpaired) electrons. The molecule has 0 unspecified atom stereocenters. The predicted octanol–water partition coefficient (Wildman–Crippen LogP) is 2.23. The minimum absolute atomic E-state index is 0.304. The van der Waals surface area contributed by atoms with Crippen LogP contribution in [-0.2, 0) is 0 Å². The van der Waals surface area contributed by atoms with Crippen molar-refractivity contribution in [3.05, 3.63) is 22.0 Å². The van der Waals surface area contributed by atoms with Crippen molar-refractivity contribution >= 4 is 17.6 Å². The van der Waals surface area contributed by atoms with Crippen LogP contribution in [0.5, 0.6) is 0 Å². The fourth-order valence-electron chi connectivity index (χ4n) is 1.26. The molecule has 0 fully saturated rings. The molecule has 0 aliphatic carbocycles. The van der Waals surface area contributed by atoms with E-state index in [0.717, 1.165) is 9.88 Å². The number of carbonyl (C=O) groups is 1. The molecular formula is C9H8N2O2S. The lowest BCUT2D eigenvalue weighted by atomic mass is 10.2. The van der Waals surface area contributed by atoms with E-state index in [4.69, 9.17) is 4.42 Å². The zero-order chi connectivity index (χ0) is 10.1. The van der Waals surface area contributed by atoms with E-state index < -0.39 is 0 Å². The Bertz CT molecular complexity index is 473. The Kier molecular flexibility index (Phi) is 2.17. The molecule has 0 aliphatic rings. The van der Waals surface area contributed by atoms with Crippen LogP contribution in [0.25, 0.3) is 11.5 Å². The Balaban J connectivity index is 2.59. The lowest BCUT2D eigenvalue weighted by Gasteiger charge is -1.91. The molecule has 0 atom stereocenters. The van der Waals surface area contributed by atoms with E-state index in [0.29, 0.717) is 23.4 Å². The lowest BCUT2D eigenvalue weighted by Crippen LogP contribution is -1.85. The Morgan fingerprint density at radius 1 is 1.50 bits per heavy atom. The molecular weight excluding hydrogens is 200 g/mol. The first-order valence-corrected chi connectivity index (χ1v) is 4.87. The molecule has 0 amide bonds. The van der Waals surface area contributed by atoms with Crippen molar-refractivity contribution in [2.75, 3.05) is 0 Å². The number of carbonyl (C=O) groups excluding carboxylic acids is 1. The van der Waals surface area contributed by atoms with Gasteiger partial charge in [0.05, 0.1) is 5.01 Å². The maximum atomic E-state index is 10.6. The molecule has 72 valence electrons. The fourth-order valence-corrected chi connectivity index (χ4v) is 2.07. The van der Waals surface area contributed by atoms with Gasteiger partial charge in [0.1, 0.15) is 5.69 Å².